The fourth-order valence-corrected chi connectivity index (χ4v) is 3.50. The molecule has 14 nitrogen and oxygen atoms in total. The Morgan fingerprint density at radius 1 is 0.533 bits per heavy atom. The molecule has 0 rings (SSSR count). The molecule has 0 aromatic heterocycles. The Morgan fingerprint density at radius 2 is 0.853 bits per heavy atom. The van der Waals surface area contributed by atoms with Crippen molar-refractivity contribution in [3.05, 3.63) is 12.6 Å². The highest BCUT2D eigenvalue weighted by Gasteiger charge is 2.46. The van der Waals surface area contributed by atoms with Gasteiger partial charge in [-0.1, -0.05) is 41.5 Å². The number of alkyl halides is 14. The van der Waals surface area contributed by atoms with E-state index < -0.39 is 130 Å². The summed E-state index contributed by atoms with van der Waals surface area (Å²) in [6, 6.07) is -1.45. The smallest absolute Gasteiger partial charge is 0.361 e. The van der Waals surface area contributed by atoms with Gasteiger partial charge in [0.25, 0.3) is 35.6 Å². The zero-order valence-corrected chi connectivity index (χ0v) is 45.5. The number of nitrogens with one attached hydrogen (secondary N) is 2. The first-order chi connectivity index (χ1) is 33.8. The van der Waals surface area contributed by atoms with Crippen molar-refractivity contribution < 1.29 is 119 Å². The fraction of sp³-hybridized carbons (Fsp3) is 0.891. The number of carbonyl (C=O) groups excluding carboxylic acids is 3. The molecule has 0 aromatic carbocycles. The third-order valence-corrected chi connectivity index (χ3v) is 8.89. The summed E-state index contributed by atoms with van der Waals surface area (Å²) in [5, 5.41) is 8.05. The maximum Gasteiger partial charge on any atom is 0.361 e. The van der Waals surface area contributed by atoms with Gasteiger partial charge in [-0.05, 0) is 80.2 Å². The molecular weight excluding hydrogens is 1060 g/mol. The van der Waals surface area contributed by atoms with Crippen LogP contribution in [0.5, 0.6) is 0 Å². The van der Waals surface area contributed by atoms with Crippen molar-refractivity contribution in [2.45, 2.75) is 226 Å². The second-order valence-corrected chi connectivity index (χ2v) is 17.0. The van der Waals surface area contributed by atoms with E-state index in [2.05, 4.69) is 26.6 Å². The third kappa shape index (κ3) is 64.8. The average Bonchev–Trinajstić information content (AvgIpc) is 3.29. The number of hydrazine groups is 1. The maximum atomic E-state index is 13.0. The highest BCUT2D eigenvalue weighted by atomic mass is 19.3. The van der Waals surface area contributed by atoms with E-state index in [4.69, 9.17) is 24.2 Å². The number of ether oxygens (including phenoxy) is 7. The van der Waals surface area contributed by atoms with Crippen LogP contribution in [0.25, 0.3) is 0 Å². The summed E-state index contributed by atoms with van der Waals surface area (Å²) in [7, 11) is 1.08. The van der Waals surface area contributed by atoms with Gasteiger partial charge >= 0.3 is 12.1 Å². The molecule has 0 spiro atoms. The van der Waals surface area contributed by atoms with E-state index in [0.29, 0.717) is 19.3 Å². The van der Waals surface area contributed by atoms with Gasteiger partial charge in [-0.2, -0.15) is 13.2 Å². The van der Waals surface area contributed by atoms with Gasteiger partial charge in [-0.25, -0.2) is 64.0 Å². The SMILES string of the molecule is C=C(F)OCC(F)(F)CC(F)(F)OC(C)CC.CCC(C)(F)F.CCC(C)OCC(C)(F)F.CCC(C)OCC(F)(F)CC(=O)NN.CCC(C)OCC(F)(F)CC(=O)NO.CCC(C)OCC(F)(F)CC(=O)OC. The molecule has 2 amide bonds. The highest BCUT2D eigenvalue weighted by Crippen LogP contribution is 2.33. The molecule has 5 unspecified atom stereocenters. The Kier molecular flexibility index (Phi) is 47.1. The summed E-state index contributed by atoms with van der Waals surface area (Å²) in [5.41, 5.74) is 2.80. The lowest BCUT2D eigenvalue weighted by atomic mass is 10.2. The molecule has 0 saturated heterocycles. The molecule has 75 heavy (non-hydrogen) atoms. The number of halogens is 15. The molecule has 0 aliphatic rings. The molecule has 0 fully saturated rings. The normalized spacial score (nSPS) is 14.0. The van der Waals surface area contributed by atoms with Crippen molar-refractivity contribution in [1.29, 1.82) is 0 Å². The predicted octanol–water partition coefficient (Wildman–Crippen LogP) is 12.5. The second-order valence-electron chi connectivity index (χ2n) is 17.0. The van der Waals surface area contributed by atoms with E-state index in [1.54, 1.807) is 40.0 Å². The Labute approximate surface area is 431 Å². The van der Waals surface area contributed by atoms with Crippen LogP contribution in [0.4, 0.5) is 65.9 Å². The van der Waals surface area contributed by atoms with Crippen molar-refractivity contribution in [3.63, 3.8) is 0 Å². The highest BCUT2D eigenvalue weighted by molar-refractivity contribution is 5.76. The Balaban J connectivity index is -0.000000194. The first-order valence-corrected chi connectivity index (χ1v) is 23.6. The Morgan fingerprint density at radius 3 is 1.12 bits per heavy atom. The molecule has 0 saturated carbocycles. The molecule has 29 heteroatoms. The minimum absolute atomic E-state index is 0.0625. The van der Waals surface area contributed by atoms with Crippen LogP contribution < -0.4 is 16.7 Å². The molecule has 0 aliphatic carbocycles. The van der Waals surface area contributed by atoms with Gasteiger partial charge in [-0.3, -0.25) is 25.0 Å². The van der Waals surface area contributed by atoms with E-state index in [1.807, 2.05) is 27.7 Å². The Bertz CT molecular complexity index is 1370. The van der Waals surface area contributed by atoms with Crippen LogP contribution in [-0.2, 0) is 47.5 Å². The largest absolute Gasteiger partial charge is 0.469 e. The number of esters is 1. The maximum absolute atomic E-state index is 13.0. The van der Waals surface area contributed by atoms with Crippen LogP contribution in [0.2, 0.25) is 0 Å². The number of carbonyl (C=O) groups is 3. The number of nitrogens with two attached hydrogens (primary N) is 1. The number of amides is 2. The quantitative estimate of drug-likeness (QED) is 0.00980. The summed E-state index contributed by atoms with van der Waals surface area (Å²) < 4.78 is 220. The van der Waals surface area contributed by atoms with Crippen molar-refractivity contribution in [3.8, 4) is 0 Å². The summed E-state index contributed by atoms with van der Waals surface area (Å²) in [6.45, 7) is 18.7. The molecule has 0 aliphatic heterocycles. The monoisotopic (exact) mass is 1140 g/mol. The molecule has 5 atom stereocenters. The summed E-state index contributed by atoms with van der Waals surface area (Å²) in [4.78, 5) is 31.6. The van der Waals surface area contributed by atoms with E-state index in [0.717, 1.165) is 32.9 Å². The number of methoxy groups -OCH3 is 1. The van der Waals surface area contributed by atoms with E-state index in [1.165, 1.54) is 13.8 Å². The van der Waals surface area contributed by atoms with Crippen LogP contribution in [0.1, 0.15) is 154 Å². The fourth-order valence-electron chi connectivity index (χ4n) is 3.50. The van der Waals surface area contributed by atoms with Gasteiger partial charge in [0.1, 0.15) is 39.3 Å². The topological polar surface area (TPSA) is 186 Å². The van der Waals surface area contributed by atoms with Crippen molar-refractivity contribution in [2.75, 3.05) is 40.1 Å². The van der Waals surface area contributed by atoms with Gasteiger partial charge < -0.3 is 33.2 Å². The summed E-state index contributed by atoms with van der Waals surface area (Å²) >= 11 is 0. The lowest BCUT2D eigenvalue weighted by molar-refractivity contribution is -0.291. The Hall–Kier alpha value is -3.38. The van der Waals surface area contributed by atoms with Gasteiger partial charge in [0.2, 0.25) is 17.7 Å². The van der Waals surface area contributed by atoms with E-state index in [9.17, 15) is 80.2 Å². The molecule has 0 radical (unpaired) electrons. The minimum Gasteiger partial charge on any atom is -0.469 e. The number of hydrogen-bond acceptors (Lipinski definition) is 12. The lowest BCUT2D eigenvalue weighted by Gasteiger charge is -2.25. The average molecular weight is 1140 g/mol. The first-order valence-electron chi connectivity index (χ1n) is 23.6. The minimum atomic E-state index is -3.99. The van der Waals surface area contributed by atoms with Crippen molar-refractivity contribution in [2.24, 2.45) is 5.84 Å². The summed E-state index contributed by atoms with van der Waals surface area (Å²) in [6.07, 6.45) is -7.52. The molecule has 0 aromatic rings. The lowest BCUT2D eigenvalue weighted by Crippen LogP contribution is -2.37. The van der Waals surface area contributed by atoms with Crippen LogP contribution in [0.3, 0.4) is 0 Å². The molecule has 454 valence electrons. The van der Waals surface area contributed by atoms with Crippen LogP contribution in [-0.4, -0.2) is 135 Å². The van der Waals surface area contributed by atoms with Crippen molar-refractivity contribution >= 4 is 17.8 Å². The predicted molar refractivity (Wildman–Crippen MR) is 249 cm³/mol. The zero-order valence-electron chi connectivity index (χ0n) is 45.5. The van der Waals surface area contributed by atoms with Gasteiger partial charge in [0, 0.05) is 13.3 Å². The van der Waals surface area contributed by atoms with E-state index in [-0.39, 0.29) is 37.3 Å². The molecule has 5 N–H and O–H groups in total. The van der Waals surface area contributed by atoms with Gasteiger partial charge in [0.15, 0.2) is 6.61 Å². The molecule has 0 bridgehead atoms. The van der Waals surface area contributed by atoms with E-state index >= 15 is 0 Å². The second kappa shape index (κ2) is 42.6. The standard InChI is InChI=1S/C10H15F5O2.C9H16F2O3.C8H16F2N2O2.C8H15F2NO3.C7H14F2O.C4H8F2/c1-4-7(2)17-10(14,15)5-9(12,13)6-16-8(3)11;1-4-7(2)14-6-9(10,11)5-8(12)13-3;1-3-6(2)14-5-8(9,10)4-7(13)12-11;1-3-6(2)14-5-8(9,10)4-7(12)11-13;1-4-6(2)10-5-7(3,8)9;1-3-4(2,5)6/h7H,3-6H2,1-2H3;7H,4-6H2,1-3H3;6H,3-5,11H2,1-2H3,(H,12,13);6,13H,3-5H2,1-2H3,(H,11,12);6H,4-5H2,1-3H3;3H2,1-2H3. The third-order valence-electron chi connectivity index (χ3n) is 8.89. The number of rotatable bonds is 31. The van der Waals surface area contributed by atoms with Crippen LogP contribution >= 0.6 is 0 Å². The molecular formula is C46H84F15N3O11. The van der Waals surface area contributed by atoms with Crippen LogP contribution in [0, 0.1) is 0 Å². The van der Waals surface area contributed by atoms with Crippen molar-refractivity contribution in [1.82, 2.24) is 10.9 Å². The van der Waals surface area contributed by atoms with Gasteiger partial charge in [-0.15, -0.1) is 0 Å². The first kappa shape index (κ1) is 83.0. The number of hydrogen-bond donors (Lipinski definition) is 4. The van der Waals surface area contributed by atoms with Crippen LogP contribution in [0.15, 0.2) is 12.6 Å². The van der Waals surface area contributed by atoms with Gasteiger partial charge in [0.05, 0.1) is 50.5 Å². The number of hydroxylamine groups is 1. The summed E-state index contributed by atoms with van der Waals surface area (Å²) in [5.74, 6) is -16.9. The molecule has 0 heterocycles. The zero-order chi connectivity index (χ0) is 60.7.